The summed E-state index contributed by atoms with van der Waals surface area (Å²) < 4.78 is 5.70. The third-order valence-electron chi connectivity index (χ3n) is 4.58. The Labute approximate surface area is 91.4 Å². The maximum atomic E-state index is 9.30. The van der Waals surface area contributed by atoms with Crippen molar-refractivity contribution in [3.05, 3.63) is 0 Å². The van der Waals surface area contributed by atoms with Crippen molar-refractivity contribution in [3.63, 3.8) is 0 Å². The monoisotopic (exact) mass is 211 g/mol. The lowest BCUT2D eigenvalue weighted by Gasteiger charge is -2.48. The zero-order valence-electron chi connectivity index (χ0n) is 9.37. The van der Waals surface area contributed by atoms with Gasteiger partial charge in [-0.1, -0.05) is 0 Å². The van der Waals surface area contributed by atoms with Crippen molar-refractivity contribution in [2.75, 3.05) is 32.8 Å². The highest BCUT2D eigenvalue weighted by Crippen LogP contribution is 2.46. The zero-order valence-corrected chi connectivity index (χ0v) is 9.37. The fraction of sp³-hybridized carbons (Fsp3) is 1.00. The van der Waals surface area contributed by atoms with Crippen molar-refractivity contribution >= 4 is 0 Å². The summed E-state index contributed by atoms with van der Waals surface area (Å²) in [6.07, 6.45) is 6.12. The molecule has 86 valence electrons. The summed E-state index contributed by atoms with van der Waals surface area (Å²) >= 11 is 0. The number of rotatable bonds is 3. The number of hydrogen-bond acceptors (Lipinski definition) is 3. The van der Waals surface area contributed by atoms with Crippen molar-refractivity contribution in [3.8, 4) is 0 Å². The summed E-state index contributed by atoms with van der Waals surface area (Å²) in [6.45, 7) is 4.80. The maximum Gasteiger partial charge on any atom is 0.0728 e. The van der Waals surface area contributed by atoms with Crippen molar-refractivity contribution in [1.82, 2.24) is 4.90 Å². The van der Waals surface area contributed by atoms with Crippen LogP contribution in [0.25, 0.3) is 0 Å². The van der Waals surface area contributed by atoms with Gasteiger partial charge >= 0.3 is 0 Å². The molecule has 0 unspecified atom stereocenters. The third kappa shape index (κ3) is 1.81. The Morgan fingerprint density at radius 1 is 1.07 bits per heavy atom. The summed E-state index contributed by atoms with van der Waals surface area (Å²) in [4.78, 5) is 2.52. The van der Waals surface area contributed by atoms with E-state index in [2.05, 4.69) is 4.90 Å². The van der Waals surface area contributed by atoms with Crippen molar-refractivity contribution in [1.29, 1.82) is 0 Å². The summed E-state index contributed by atoms with van der Waals surface area (Å²) in [5, 5.41) is 9.30. The fourth-order valence-corrected chi connectivity index (χ4v) is 2.92. The molecular weight excluding hydrogens is 190 g/mol. The van der Waals surface area contributed by atoms with Crippen molar-refractivity contribution in [2.45, 2.75) is 37.7 Å². The van der Waals surface area contributed by atoms with E-state index in [9.17, 15) is 5.11 Å². The largest absolute Gasteiger partial charge is 0.396 e. The Morgan fingerprint density at radius 3 is 2.13 bits per heavy atom. The Kier molecular flexibility index (Phi) is 2.31. The predicted octanol–water partition coefficient (Wildman–Crippen LogP) is 1.01. The van der Waals surface area contributed by atoms with Gasteiger partial charge < -0.3 is 14.7 Å². The SMILES string of the molecule is OCC1(CN2CCC3(CCO3)CC2)CC1. The number of aliphatic hydroxyl groups excluding tert-OH is 1. The molecule has 1 spiro atoms. The molecule has 1 saturated carbocycles. The lowest BCUT2D eigenvalue weighted by molar-refractivity contribution is -0.173. The summed E-state index contributed by atoms with van der Waals surface area (Å²) in [5.41, 5.74) is 0.553. The molecule has 0 aromatic heterocycles. The summed E-state index contributed by atoms with van der Waals surface area (Å²) in [6, 6.07) is 0. The van der Waals surface area contributed by atoms with Gasteiger partial charge in [0.15, 0.2) is 0 Å². The first-order valence-electron chi connectivity index (χ1n) is 6.23. The van der Waals surface area contributed by atoms with Gasteiger partial charge in [-0.3, -0.25) is 0 Å². The van der Waals surface area contributed by atoms with Crippen molar-refractivity contribution in [2.24, 2.45) is 5.41 Å². The van der Waals surface area contributed by atoms with Gasteiger partial charge in [-0.2, -0.15) is 0 Å². The number of likely N-dealkylation sites (tertiary alicyclic amines) is 1. The third-order valence-corrected chi connectivity index (χ3v) is 4.58. The molecule has 0 bridgehead atoms. The zero-order chi connectivity index (χ0) is 10.4. The highest BCUT2D eigenvalue weighted by atomic mass is 16.5. The van der Waals surface area contributed by atoms with Gasteiger partial charge in [-0.25, -0.2) is 0 Å². The minimum absolute atomic E-state index is 0.270. The van der Waals surface area contributed by atoms with E-state index in [-0.39, 0.29) is 11.0 Å². The predicted molar refractivity (Wildman–Crippen MR) is 57.7 cm³/mol. The standard InChI is InChI=1S/C12H21NO2/c14-10-11(1-2-11)9-13-6-3-12(4-7-13)5-8-15-12/h14H,1-10H2. The molecule has 0 radical (unpaired) electrons. The van der Waals surface area contributed by atoms with E-state index in [0.717, 1.165) is 13.2 Å². The highest BCUT2D eigenvalue weighted by molar-refractivity contribution is 4.98. The van der Waals surface area contributed by atoms with Crippen LogP contribution in [0.15, 0.2) is 0 Å². The molecule has 2 saturated heterocycles. The first kappa shape index (κ1) is 10.1. The van der Waals surface area contributed by atoms with Gasteiger partial charge in [-0.15, -0.1) is 0 Å². The lowest BCUT2D eigenvalue weighted by Crippen LogP contribution is -2.53. The first-order valence-corrected chi connectivity index (χ1v) is 6.23. The first-order chi connectivity index (χ1) is 7.26. The molecular formula is C12H21NO2. The molecule has 0 aromatic carbocycles. The van der Waals surface area contributed by atoms with Crippen LogP contribution in [0.5, 0.6) is 0 Å². The Bertz CT molecular complexity index is 236. The number of ether oxygens (including phenoxy) is 1. The molecule has 1 aliphatic carbocycles. The average molecular weight is 211 g/mol. The van der Waals surface area contributed by atoms with Crippen LogP contribution in [0.1, 0.15) is 32.1 Å². The van der Waals surface area contributed by atoms with Crippen LogP contribution in [0.3, 0.4) is 0 Å². The minimum Gasteiger partial charge on any atom is -0.396 e. The molecule has 0 amide bonds. The second kappa shape index (κ2) is 3.44. The summed E-state index contributed by atoms with van der Waals surface area (Å²) in [7, 11) is 0. The van der Waals surface area contributed by atoms with Crippen LogP contribution in [-0.2, 0) is 4.74 Å². The van der Waals surface area contributed by atoms with E-state index in [1.807, 2.05) is 0 Å². The molecule has 3 fully saturated rings. The van der Waals surface area contributed by atoms with Gasteiger partial charge in [-0.05, 0) is 32.1 Å². The van der Waals surface area contributed by atoms with E-state index in [4.69, 9.17) is 4.74 Å². The normalized spacial score (nSPS) is 32.6. The molecule has 3 nitrogen and oxygen atoms in total. The van der Waals surface area contributed by atoms with Gasteiger partial charge in [0, 0.05) is 31.7 Å². The smallest absolute Gasteiger partial charge is 0.0728 e. The number of piperidine rings is 1. The highest BCUT2D eigenvalue weighted by Gasteiger charge is 2.46. The molecule has 0 atom stereocenters. The Hall–Kier alpha value is -0.120. The van der Waals surface area contributed by atoms with E-state index in [0.29, 0.717) is 6.61 Å². The van der Waals surface area contributed by atoms with Crippen LogP contribution >= 0.6 is 0 Å². The van der Waals surface area contributed by atoms with E-state index >= 15 is 0 Å². The average Bonchev–Trinajstić information content (AvgIpc) is 2.98. The van der Waals surface area contributed by atoms with E-state index in [1.54, 1.807) is 0 Å². The quantitative estimate of drug-likeness (QED) is 0.756. The number of nitrogens with zero attached hydrogens (tertiary/aromatic N) is 1. The van der Waals surface area contributed by atoms with Gasteiger partial charge in [0.05, 0.1) is 12.2 Å². The molecule has 15 heavy (non-hydrogen) atoms. The Balaban J connectivity index is 1.49. The van der Waals surface area contributed by atoms with Gasteiger partial charge in [0.1, 0.15) is 0 Å². The lowest BCUT2D eigenvalue weighted by atomic mass is 9.84. The molecule has 2 aliphatic heterocycles. The minimum atomic E-state index is 0.270. The molecule has 3 rings (SSSR count). The van der Waals surface area contributed by atoms with E-state index < -0.39 is 0 Å². The van der Waals surface area contributed by atoms with Crippen LogP contribution in [-0.4, -0.2) is 48.5 Å². The fourth-order valence-electron chi connectivity index (χ4n) is 2.92. The molecule has 3 heteroatoms. The van der Waals surface area contributed by atoms with Gasteiger partial charge in [0.25, 0.3) is 0 Å². The van der Waals surface area contributed by atoms with Crippen LogP contribution < -0.4 is 0 Å². The number of hydrogen-bond donors (Lipinski definition) is 1. The van der Waals surface area contributed by atoms with Crippen LogP contribution in [0, 0.1) is 5.41 Å². The van der Waals surface area contributed by atoms with E-state index in [1.165, 1.54) is 45.2 Å². The van der Waals surface area contributed by atoms with Crippen LogP contribution in [0.2, 0.25) is 0 Å². The Morgan fingerprint density at radius 2 is 1.73 bits per heavy atom. The topological polar surface area (TPSA) is 32.7 Å². The van der Waals surface area contributed by atoms with Gasteiger partial charge in [0.2, 0.25) is 0 Å². The summed E-state index contributed by atoms with van der Waals surface area (Å²) in [5.74, 6) is 0. The maximum absolute atomic E-state index is 9.30. The second-order valence-electron chi connectivity index (χ2n) is 5.72. The van der Waals surface area contributed by atoms with Crippen molar-refractivity contribution < 1.29 is 9.84 Å². The molecule has 3 aliphatic rings. The van der Waals surface area contributed by atoms with Crippen LogP contribution in [0.4, 0.5) is 0 Å². The molecule has 0 aromatic rings. The number of aliphatic hydroxyl groups is 1. The molecule has 2 heterocycles. The second-order valence-corrected chi connectivity index (χ2v) is 5.72. The molecule has 1 N–H and O–H groups in total.